The van der Waals surface area contributed by atoms with Crippen LogP contribution in [0.15, 0.2) is 79.1 Å². The molecule has 4 nitrogen and oxygen atoms in total. The van der Waals surface area contributed by atoms with E-state index in [1.807, 2.05) is 79.8 Å². The second-order valence-electron chi connectivity index (χ2n) is 7.84. The lowest BCUT2D eigenvalue weighted by molar-refractivity contribution is -0.118. The normalized spacial score (nSPS) is 10.9. The monoisotopic (exact) mass is 463 g/mol. The van der Waals surface area contributed by atoms with Crippen LogP contribution in [0.2, 0.25) is 10.0 Å². The Kier molecular flexibility index (Phi) is 6.63. The molecule has 1 heterocycles. The third-order valence-corrected chi connectivity index (χ3v) is 6.13. The van der Waals surface area contributed by atoms with E-state index in [2.05, 4.69) is 4.98 Å². The zero-order valence-corrected chi connectivity index (χ0v) is 19.4. The predicted octanol–water partition coefficient (Wildman–Crippen LogP) is 6.38. The minimum Gasteiger partial charge on any atom is -0.378 e. The van der Waals surface area contributed by atoms with Gasteiger partial charge < -0.3 is 9.80 Å². The first-order chi connectivity index (χ1) is 15.4. The molecule has 0 fully saturated rings. The summed E-state index contributed by atoms with van der Waals surface area (Å²) in [5.41, 5.74) is 3.69. The molecule has 6 heteroatoms. The van der Waals surface area contributed by atoms with E-state index in [1.54, 1.807) is 23.2 Å². The highest BCUT2D eigenvalue weighted by Crippen LogP contribution is 2.27. The third kappa shape index (κ3) is 4.87. The number of pyridine rings is 1. The Balaban J connectivity index is 1.68. The number of rotatable bonds is 6. The van der Waals surface area contributed by atoms with Crippen molar-refractivity contribution >= 4 is 51.3 Å². The highest BCUT2D eigenvalue weighted by Gasteiger charge is 2.19. The van der Waals surface area contributed by atoms with Crippen molar-refractivity contribution in [2.45, 2.75) is 13.0 Å². The van der Waals surface area contributed by atoms with Crippen molar-refractivity contribution in [1.29, 1.82) is 0 Å². The SMILES string of the molecule is CN(C)c1ccc(N(Cc2ccc(Cl)c(Cl)c2)C(=O)Cc2cncc3ccccc23)cc1. The number of nitrogens with zero attached hydrogens (tertiary/aromatic N) is 3. The number of hydrogen-bond acceptors (Lipinski definition) is 3. The van der Waals surface area contributed by atoms with Crippen LogP contribution in [-0.2, 0) is 17.8 Å². The number of carbonyl (C=O) groups excluding carboxylic acids is 1. The minimum absolute atomic E-state index is 0.0215. The quantitative estimate of drug-likeness (QED) is 0.332. The first-order valence-corrected chi connectivity index (χ1v) is 11.0. The summed E-state index contributed by atoms with van der Waals surface area (Å²) in [5, 5.41) is 3.01. The fourth-order valence-corrected chi connectivity index (χ4v) is 3.97. The van der Waals surface area contributed by atoms with Gasteiger partial charge in [0.2, 0.25) is 5.91 Å². The maximum absolute atomic E-state index is 13.6. The summed E-state index contributed by atoms with van der Waals surface area (Å²) in [5.74, 6) is -0.0215. The maximum atomic E-state index is 13.6. The summed E-state index contributed by atoms with van der Waals surface area (Å²) >= 11 is 12.3. The van der Waals surface area contributed by atoms with Gasteiger partial charge in [0.25, 0.3) is 0 Å². The Bertz CT molecular complexity index is 1250. The maximum Gasteiger partial charge on any atom is 0.231 e. The molecule has 0 saturated heterocycles. The molecule has 1 aromatic heterocycles. The molecule has 0 aliphatic heterocycles. The number of halogens is 2. The Hall–Kier alpha value is -3.08. The molecule has 32 heavy (non-hydrogen) atoms. The Labute approximate surface area is 198 Å². The highest BCUT2D eigenvalue weighted by molar-refractivity contribution is 6.42. The third-order valence-electron chi connectivity index (χ3n) is 5.40. The van der Waals surface area contributed by atoms with Crippen molar-refractivity contribution in [2.24, 2.45) is 0 Å². The molecule has 0 unspecified atom stereocenters. The molecular formula is C26H23Cl2N3O. The van der Waals surface area contributed by atoms with Gasteiger partial charge in [-0.1, -0.05) is 53.5 Å². The number of aromatic nitrogens is 1. The van der Waals surface area contributed by atoms with Crippen LogP contribution in [-0.4, -0.2) is 25.0 Å². The lowest BCUT2D eigenvalue weighted by Gasteiger charge is -2.24. The average Bonchev–Trinajstić information content (AvgIpc) is 2.80. The lowest BCUT2D eigenvalue weighted by atomic mass is 10.0. The van der Waals surface area contributed by atoms with Gasteiger partial charge >= 0.3 is 0 Å². The molecule has 0 aliphatic carbocycles. The van der Waals surface area contributed by atoms with Gasteiger partial charge in [-0.05, 0) is 52.9 Å². The van der Waals surface area contributed by atoms with Crippen LogP contribution >= 0.6 is 23.2 Å². The molecule has 0 atom stereocenters. The largest absolute Gasteiger partial charge is 0.378 e. The molecular weight excluding hydrogens is 441 g/mol. The van der Waals surface area contributed by atoms with Gasteiger partial charge in [-0.3, -0.25) is 9.78 Å². The van der Waals surface area contributed by atoms with Gasteiger partial charge in [0, 0.05) is 43.3 Å². The predicted molar refractivity (Wildman–Crippen MR) is 134 cm³/mol. The summed E-state index contributed by atoms with van der Waals surface area (Å²) in [6.45, 7) is 0.384. The van der Waals surface area contributed by atoms with Gasteiger partial charge in [-0.15, -0.1) is 0 Å². The molecule has 0 spiro atoms. The molecule has 4 aromatic rings. The van der Waals surface area contributed by atoms with Crippen molar-refractivity contribution in [3.8, 4) is 0 Å². The van der Waals surface area contributed by atoms with Crippen LogP contribution < -0.4 is 9.80 Å². The van der Waals surface area contributed by atoms with Crippen molar-refractivity contribution in [2.75, 3.05) is 23.9 Å². The van der Waals surface area contributed by atoms with Crippen molar-refractivity contribution in [3.05, 3.63) is 100 Å². The van der Waals surface area contributed by atoms with Crippen LogP contribution in [0.25, 0.3) is 10.8 Å². The molecule has 0 radical (unpaired) electrons. The van der Waals surface area contributed by atoms with Crippen LogP contribution in [0.3, 0.4) is 0 Å². The zero-order chi connectivity index (χ0) is 22.7. The van der Waals surface area contributed by atoms with Crippen LogP contribution in [0.1, 0.15) is 11.1 Å². The van der Waals surface area contributed by atoms with E-state index in [0.29, 0.717) is 16.6 Å². The topological polar surface area (TPSA) is 36.4 Å². The molecule has 1 amide bonds. The minimum atomic E-state index is -0.0215. The number of hydrogen-bond donors (Lipinski definition) is 0. The number of fused-ring (bicyclic) bond motifs is 1. The van der Waals surface area contributed by atoms with Crippen LogP contribution in [0.4, 0.5) is 11.4 Å². The fraction of sp³-hybridized carbons (Fsp3) is 0.154. The average molecular weight is 464 g/mol. The van der Waals surface area contributed by atoms with Crippen molar-refractivity contribution in [3.63, 3.8) is 0 Å². The second-order valence-corrected chi connectivity index (χ2v) is 8.65. The Morgan fingerprint density at radius 2 is 1.59 bits per heavy atom. The molecule has 3 aromatic carbocycles. The van der Waals surface area contributed by atoms with E-state index in [-0.39, 0.29) is 12.3 Å². The van der Waals surface area contributed by atoms with E-state index < -0.39 is 0 Å². The van der Waals surface area contributed by atoms with Gasteiger partial charge in [-0.2, -0.15) is 0 Å². The summed E-state index contributed by atoms with van der Waals surface area (Å²) in [7, 11) is 3.97. The molecule has 4 rings (SSSR count). The van der Waals surface area contributed by atoms with E-state index in [0.717, 1.165) is 33.3 Å². The number of amides is 1. The van der Waals surface area contributed by atoms with Crippen molar-refractivity contribution in [1.82, 2.24) is 4.98 Å². The summed E-state index contributed by atoms with van der Waals surface area (Å²) in [6, 6.07) is 21.4. The van der Waals surface area contributed by atoms with E-state index in [4.69, 9.17) is 23.2 Å². The summed E-state index contributed by atoms with van der Waals surface area (Å²) < 4.78 is 0. The number of benzene rings is 3. The fourth-order valence-electron chi connectivity index (χ4n) is 3.65. The molecule has 0 aliphatic rings. The summed E-state index contributed by atoms with van der Waals surface area (Å²) in [6.07, 6.45) is 3.83. The van der Waals surface area contributed by atoms with Crippen LogP contribution in [0, 0.1) is 0 Å². The standard InChI is InChI=1S/C26H23Cl2N3O/c1-30(2)21-8-10-22(11-9-21)31(17-18-7-12-24(27)25(28)13-18)26(32)14-20-16-29-15-19-5-3-4-6-23(19)20/h3-13,15-16H,14,17H2,1-2H3. The molecule has 0 saturated carbocycles. The van der Waals surface area contributed by atoms with Gasteiger partial charge in [-0.25, -0.2) is 0 Å². The molecule has 0 bridgehead atoms. The lowest BCUT2D eigenvalue weighted by Crippen LogP contribution is -2.32. The van der Waals surface area contributed by atoms with E-state index in [1.165, 1.54) is 0 Å². The highest BCUT2D eigenvalue weighted by atomic mass is 35.5. The Morgan fingerprint density at radius 1 is 0.875 bits per heavy atom. The van der Waals surface area contributed by atoms with Gasteiger partial charge in [0.1, 0.15) is 0 Å². The number of anilines is 2. The smallest absolute Gasteiger partial charge is 0.231 e. The van der Waals surface area contributed by atoms with Gasteiger partial charge in [0.05, 0.1) is 23.0 Å². The van der Waals surface area contributed by atoms with E-state index in [9.17, 15) is 4.79 Å². The molecule has 0 N–H and O–H groups in total. The van der Waals surface area contributed by atoms with Crippen molar-refractivity contribution < 1.29 is 4.79 Å². The van der Waals surface area contributed by atoms with E-state index >= 15 is 0 Å². The molecule has 162 valence electrons. The summed E-state index contributed by atoms with van der Waals surface area (Å²) in [4.78, 5) is 21.7. The zero-order valence-electron chi connectivity index (χ0n) is 17.9. The second kappa shape index (κ2) is 9.60. The van der Waals surface area contributed by atoms with Gasteiger partial charge in [0.15, 0.2) is 0 Å². The first kappa shape index (κ1) is 22.1. The first-order valence-electron chi connectivity index (χ1n) is 10.3. The number of carbonyl (C=O) groups is 1. The van der Waals surface area contributed by atoms with Crippen LogP contribution in [0.5, 0.6) is 0 Å². The Morgan fingerprint density at radius 3 is 2.31 bits per heavy atom.